The summed E-state index contributed by atoms with van der Waals surface area (Å²) in [5.74, 6) is 0.465. The summed E-state index contributed by atoms with van der Waals surface area (Å²) < 4.78 is 0. The van der Waals surface area contributed by atoms with Gasteiger partial charge in [-0.3, -0.25) is 4.79 Å². The number of carbonyl (C=O) groups excluding carboxylic acids is 1. The average Bonchev–Trinajstić information content (AvgIpc) is 2.73. The molecule has 1 atom stereocenters. The Morgan fingerprint density at radius 1 is 1.10 bits per heavy atom. The van der Waals surface area contributed by atoms with E-state index in [1.54, 1.807) is 0 Å². The largest absolute Gasteiger partial charge is 0.303 e. The lowest BCUT2D eigenvalue weighted by atomic mass is 9.94. The smallest absolute Gasteiger partial charge is 0.167 e. The van der Waals surface area contributed by atoms with Crippen LogP contribution in [0, 0.1) is 12.8 Å². The van der Waals surface area contributed by atoms with Crippen molar-refractivity contribution in [1.29, 1.82) is 0 Å². The van der Waals surface area contributed by atoms with Gasteiger partial charge in [-0.15, -0.1) is 0 Å². The third-order valence-electron chi connectivity index (χ3n) is 4.38. The number of likely N-dealkylation sites (tertiary alicyclic amines) is 1. The van der Waals surface area contributed by atoms with Crippen LogP contribution in [-0.4, -0.2) is 30.3 Å². The SMILES string of the molecule is CCC(CN1CCCCCC1)C(=O)c1ccc(C)cc1. The maximum Gasteiger partial charge on any atom is 0.167 e. The van der Waals surface area contributed by atoms with Gasteiger partial charge >= 0.3 is 0 Å². The number of hydrogen-bond acceptors (Lipinski definition) is 2. The summed E-state index contributed by atoms with van der Waals surface area (Å²) in [6, 6.07) is 8.02. The lowest BCUT2D eigenvalue weighted by Crippen LogP contribution is -2.33. The van der Waals surface area contributed by atoms with E-state index in [2.05, 4.69) is 18.7 Å². The quantitative estimate of drug-likeness (QED) is 0.753. The first kappa shape index (κ1) is 15.2. The first-order chi connectivity index (χ1) is 9.70. The zero-order valence-corrected chi connectivity index (χ0v) is 12.9. The van der Waals surface area contributed by atoms with Crippen molar-refractivity contribution in [2.45, 2.75) is 46.0 Å². The molecule has 0 radical (unpaired) electrons. The van der Waals surface area contributed by atoms with Crippen molar-refractivity contribution >= 4 is 5.78 Å². The number of Topliss-reactive ketones (excluding diaryl/α,β-unsaturated/α-hetero) is 1. The normalized spacial score (nSPS) is 18.5. The number of rotatable bonds is 5. The monoisotopic (exact) mass is 273 g/mol. The van der Waals surface area contributed by atoms with Crippen LogP contribution >= 0.6 is 0 Å². The van der Waals surface area contributed by atoms with Crippen LogP contribution in [-0.2, 0) is 0 Å². The van der Waals surface area contributed by atoms with Crippen LogP contribution in [0.25, 0.3) is 0 Å². The van der Waals surface area contributed by atoms with Gasteiger partial charge in [-0.05, 0) is 39.3 Å². The average molecular weight is 273 g/mol. The molecule has 20 heavy (non-hydrogen) atoms. The fourth-order valence-electron chi connectivity index (χ4n) is 2.98. The molecule has 0 aromatic heterocycles. The predicted octanol–water partition coefficient (Wildman–Crippen LogP) is 4.08. The molecular weight excluding hydrogens is 246 g/mol. The Kier molecular flexibility index (Phi) is 5.78. The molecule has 2 rings (SSSR count). The standard InChI is InChI=1S/C18H27NO/c1-3-16(14-19-12-6-4-5-7-13-19)18(20)17-10-8-15(2)9-11-17/h8-11,16H,3-7,12-14H2,1-2H3. The maximum absolute atomic E-state index is 12.6. The number of hydrogen-bond donors (Lipinski definition) is 0. The number of nitrogens with zero attached hydrogens (tertiary/aromatic N) is 1. The Hall–Kier alpha value is -1.15. The Morgan fingerprint density at radius 2 is 1.70 bits per heavy atom. The molecule has 1 aromatic carbocycles. The number of benzene rings is 1. The van der Waals surface area contributed by atoms with Gasteiger partial charge in [0.25, 0.3) is 0 Å². The lowest BCUT2D eigenvalue weighted by Gasteiger charge is -2.24. The third kappa shape index (κ3) is 4.17. The van der Waals surface area contributed by atoms with Crippen LogP contribution in [0.4, 0.5) is 0 Å². The van der Waals surface area contributed by atoms with Gasteiger partial charge in [0.2, 0.25) is 0 Å². The summed E-state index contributed by atoms with van der Waals surface area (Å²) in [5.41, 5.74) is 2.08. The fraction of sp³-hybridized carbons (Fsp3) is 0.611. The van der Waals surface area contributed by atoms with Crippen molar-refractivity contribution in [3.63, 3.8) is 0 Å². The highest BCUT2D eigenvalue weighted by molar-refractivity contribution is 5.98. The molecule has 0 bridgehead atoms. The Morgan fingerprint density at radius 3 is 2.25 bits per heavy atom. The van der Waals surface area contributed by atoms with Gasteiger partial charge in [-0.2, -0.15) is 0 Å². The predicted molar refractivity (Wildman–Crippen MR) is 84.2 cm³/mol. The van der Waals surface area contributed by atoms with Crippen LogP contribution in [0.3, 0.4) is 0 Å². The molecule has 0 spiro atoms. The molecule has 110 valence electrons. The van der Waals surface area contributed by atoms with E-state index in [4.69, 9.17) is 0 Å². The van der Waals surface area contributed by atoms with E-state index in [9.17, 15) is 4.79 Å². The van der Waals surface area contributed by atoms with Crippen LogP contribution in [0.15, 0.2) is 24.3 Å². The minimum Gasteiger partial charge on any atom is -0.303 e. The molecule has 1 aliphatic rings. The van der Waals surface area contributed by atoms with E-state index >= 15 is 0 Å². The first-order valence-corrected chi connectivity index (χ1v) is 8.04. The van der Waals surface area contributed by atoms with Crippen LogP contribution in [0.1, 0.15) is 54.9 Å². The molecule has 1 fully saturated rings. The molecule has 0 N–H and O–H groups in total. The molecule has 1 unspecified atom stereocenters. The zero-order chi connectivity index (χ0) is 14.4. The Balaban J connectivity index is 1.99. The summed E-state index contributed by atoms with van der Waals surface area (Å²) >= 11 is 0. The van der Waals surface area contributed by atoms with Crippen LogP contribution in [0.2, 0.25) is 0 Å². The number of carbonyl (C=O) groups is 1. The van der Waals surface area contributed by atoms with Crippen molar-refractivity contribution in [2.24, 2.45) is 5.92 Å². The van der Waals surface area contributed by atoms with Crippen molar-refractivity contribution < 1.29 is 4.79 Å². The number of ketones is 1. The number of aryl methyl sites for hydroxylation is 1. The second-order valence-corrected chi connectivity index (χ2v) is 6.05. The van der Waals surface area contributed by atoms with E-state index in [1.165, 1.54) is 31.2 Å². The molecule has 2 nitrogen and oxygen atoms in total. The first-order valence-electron chi connectivity index (χ1n) is 8.04. The molecule has 1 saturated heterocycles. The van der Waals surface area contributed by atoms with Gasteiger partial charge in [0.15, 0.2) is 5.78 Å². The van der Waals surface area contributed by atoms with Crippen molar-refractivity contribution in [3.05, 3.63) is 35.4 Å². The third-order valence-corrected chi connectivity index (χ3v) is 4.38. The van der Waals surface area contributed by atoms with Crippen LogP contribution in [0.5, 0.6) is 0 Å². The summed E-state index contributed by atoms with van der Waals surface area (Å²) in [7, 11) is 0. The summed E-state index contributed by atoms with van der Waals surface area (Å²) in [5, 5.41) is 0. The van der Waals surface area contributed by atoms with Gasteiger partial charge in [0.1, 0.15) is 0 Å². The van der Waals surface area contributed by atoms with E-state index in [-0.39, 0.29) is 5.92 Å². The Labute approximate surface area is 123 Å². The van der Waals surface area contributed by atoms with Crippen molar-refractivity contribution in [1.82, 2.24) is 4.90 Å². The summed E-state index contributed by atoms with van der Waals surface area (Å²) in [6.07, 6.45) is 6.20. The highest BCUT2D eigenvalue weighted by atomic mass is 16.1. The van der Waals surface area contributed by atoms with E-state index in [1.807, 2.05) is 24.3 Å². The van der Waals surface area contributed by atoms with E-state index in [0.717, 1.165) is 31.6 Å². The molecule has 1 aromatic rings. The minimum absolute atomic E-state index is 0.149. The Bertz CT molecular complexity index is 416. The fourth-order valence-corrected chi connectivity index (χ4v) is 2.98. The zero-order valence-electron chi connectivity index (χ0n) is 12.9. The van der Waals surface area contributed by atoms with Gasteiger partial charge in [0, 0.05) is 18.0 Å². The maximum atomic E-state index is 12.6. The summed E-state index contributed by atoms with van der Waals surface area (Å²) in [4.78, 5) is 15.1. The van der Waals surface area contributed by atoms with Gasteiger partial charge in [-0.25, -0.2) is 0 Å². The second-order valence-electron chi connectivity index (χ2n) is 6.05. The second kappa shape index (κ2) is 7.58. The molecule has 0 saturated carbocycles. The summed E-state index contributed by atoms with van der Waals surface area (Å²) in [6.45, 7) is 7.45. The molecular formula is C18H27NO. The molecule has 1 aliphatic heterocycles. The van der Waals surface area contributed by atoms with Crippen molar-refractivity contribution in [2.75, 3.05) is 19.6 Å². The van der Waals surface area contributed by atoms with E-state index in [0.29, 0.717) is 5.78 Å². The minimum atomic E-state index is 0.149. The lowest BCUT2D eigenvalue weighted by molar-refractivity contribution is 0.0877. The highest BCUT2D eigenvalue weighted by Crippen LogP contribution is 2.17. The highest BCUT2D eigenvalue weighted by Gasteiger charge is 2.21. The van der Waals surface area contributed by atoms with Crippen LogP contribution < -0.4 is 0 Å². The molecule has 1 heterocycles. The molecule has 0 amide bonds. The molecule has 2 heteroatoms. The van der Waals surface area contributed by atoms with Gasteiger partial charge in [0.05, 0.1) is 0 Å². The van der Waals surface area contributed by atoms with Gasteiger partial charge < -0.3 is 4.90 Å². The van der Waals surface area contributed by atoms with Crippen molar-refractivity contribution in [3.8, 4) is 0 Å². The van der Waals surface area contributed by atoms with E-state index < -0.39 is 0 Å². The topological polar surface area (TPSA) is 20.3 Å². The van der Waals surface area contributed by atoms with Gasteiger partial charge in [-0.1, -0.05) is 49.6 Å². The molecule has 0 aliphatic carbocycles.